The minimum absolute atomic E-state index is 0.0683. The molecule has 2 aliphatic rings. The highest BCUT2D eigenvalue weighted by Crippen LogP contribution is 2.36. The van der Waals surface area contributed by atoms with E-state index in [9.17, 15) is 13.6 Å². The van der Waals surface area contributed by atoms with Crippen LogP contribution in [0.4, 0.5) is 8.78 Å². The van der Waals surface area contributed by atoms with Gasteiger partial charge in [0.25, 0.3) is 0 Å². The lowest BCUT2D eigenvalue weighted by molar-refractivity contribution is -0.129. The van der Waals surface area contributed by atoms with Gasteiger partial charge in [0.05, 0.1) is 0 Å². The Kier molecular flexibility index (Phi) is 4.46. The van der Waals surface area contributed by atoms with Gasteiger partial charge in [-0.05, 0) is 31.6 Å². The van der Waals surface area contributed by atoms with Crippen molar-refractivity contribution >= 4 is 17.5 Å². The van der Waals surface area contributed by atoms with Gasteiger partial charge in [-0.1, -0.05) is 6.42 Å². The zero-order valence-electron chi connectivity index (χ0n) is 10.4. The van der Waals surface area contributed by atoms with Crippen molar-refractivity contribution in [2.24, 2.45) is 11.8 Å². The Bertz CT molecular complexity index is 301. The predicted molar refractivity (Wildman–Crippen MR) is 66.9 cm³/mol. The number of rotatable bonds is 3. The topological polar surface area (TPSA) is 29.1 Å². The monoisotopic (exact) mass is 279 g/mol. The number of amides is 1. The molecule has 104 valence electrons. The summed E-state index contributed by atoms with van der Waals surface area (Å²) in [5.41, 5.74) is 0. The van der Waals surface area contributed by atoms with Gasteiger partial charge in [0.1, 0.15) is 0 Å². The summed E-state index contributed by atoms with van der Waals surface area (Å²) in [7, 11) is 0. The van der Waals surface area contributed by atoms with Gasteiger partial charge in [-0.2, -0.15) is 0 Å². The van der Waals surface area contributed by atoms with Crippen LogP contribution in [0.3, 0.4) is 0 Å². The number of halogens is 3. The molecular formula is C13H20ClF2NO. The fourth-order valence-electron chi connectivity index (χ4n) is 2.90. The van der Waals surface area contributed by atoms with Crippen LogP contribution in [0.15, 0.2) is 0 Å². The smallest absolute Gasteiger partial charge is 0.248 e. The van der Waals surface area contributed by atoms with Gasteiger partial charge in [0.15, 0.2) is 0 Å². The van der Waals surface area contributed by atoms with Crippen molar-refractivity contribution in [1.29, 1.82) is 0 Å². The molecule has 1 amide bonds. The molecule has 0 aliphatic heterocycles. The number of hydrogen-bond donors (Lipinski definition) is 1. The standard InChI is InChI=1S/C13H20ClF2NO/c14-11-3-1-2-10(11)8-17-12(18)9-4-6-13(15,16)7-5-9/h9-11H,1-8H2,(H,17,18). The van der Waals surface area contributed by atoms with Gasteiger partial charge in [-0.3, -0.25) is 4.79 Å². The molecule has 2 nitrogen and oxygen atoms in total. The van der Waals surface area contributed by atoms with E-state index in [1.165, 1.54) is 0 Å². The molecule has 18 heavy (non-hydrogen) atoms. The Labute approximate surface area is 111 Å². The number of carbonyl (C=O) groups is 1. The van der Waals surface area contributed by atoms with Crippen LogP contribution in [0, 0.1) is 11.8 Å². The summed E-state index contributed by atoms with van der Waals surface area (Å²) in [5.74, 6) is -2.52. The summed E-state index contributed by atoms with van der Waals surface area (Å²) < 4.78 is 25.9. The second-order valence-corrected chi connectivity index (χ2v) is 6.14. The van der Waals surface area contributed by atoms with Crippen LogP contribution in [-0.2, 0) is 4.79 Å². The molecule has 0 bridgehead atoms. The fraction of sp³-hybridized carbons (Fsp3) is 0.923. The molecular weight excluding hydrogens is 260 g/mol. The second-order valence-electron chi connectivity index (χ2n) is 5.58. The summed E-state index contributed by atoms with van der Waals surface area (Å²) in [6.07, 6.45) is 3.46. The number of alkyl halides is 3. The third-order valence-electron chi connectivity index (χ3n) is 4.19. The average Bonchev–Trinajstić information content (AvgIpc) is 2.72. The predicted octanol–water partition coefficient (Wildman–Crippen LogP) is 3.34. The number of carbonyl (C=O) groups excluding carboxylic acids is 1. The molecule has 5 heteroatoms. The van der Waals surface area contributed by atoms with Crippen molar-refractivity contribution < 1.29 is 13.6 Å². The third kappa shape index (κ3) is 3.56. The maximum atomic E-state index is 13.0. The molecule has 0 spiro atoms. The van der Waals surface area contributed by atoms with Gasteiger partial charge in [-0.15, -0.1) is 11.6 Å². The summed E-state index contributed by atoms with van der Waals surface area (Å²) in [4.78, 5) is 11.9. The zero-order chi connectivity index (χ0) is 13.2. The van der Waals surface area contributed by atoms with Crippen molar-refractivity contribution in [3.05, 3.63) is 0 Å². The van der Waals surface area contributed by atoms with Gasteiger partial charge in [-0.25, -0.2) is 8.78 Å². The van der Waals surface area contributed by atoms with E-state index in [0.29, 0.717) is 25.3 Å². The van der Waals surface area contributed by atoms with E-state index in [0.717, 1.165) is 19.3 Å². The van der Waals surface area contributed by atoms with E-state index in [-0.39, 0.29) is 30.0 Å². The first-order valence-electron chi connectivity index (χ1n) is 6.77. The third-order valence-corrected chi connectivity index (χ3v) is 4.77. The van der Waals surface area contributed by atoms with Crippen LogP contribution in [0.25, 0.3) is 0 Å². The van der Waals surface area contributed by atoms with Crippen LogP contribution in [0.1, 0.15) is 44.9 Å². The van der Waals surface area contributed by atoms with E-state index >= 15 is 0 Å². The average molecular weight is 280 g/mol. The van der Waals surface area contributed by atoms with Crippen LogP contribution in [-0.4, -0.2) is 23.8 Å². The molecule has 0 radical (unpaired) electrons. The fourth-order valence-corrected chi connectivity index (χ4v) is 3.27. The molecule has 2 saturated carbocycles. The lowest BCUT2D eigenvalue weighted by atomic mass is 9.86. The number of hydrogen-bond acceptors (Lipinski definition) is 1. The van der Waals surface area contributed by atoms with E-state index < -0.39 is 5.92 Å². The largest absolute Gasteiger partial charge is 0.356 e. The first kappa shape index (κ1) is 14.0. The molecule has 0 aromatic carbocycles. The summed E-state index contributed by atoms with van der Waals surface area (Å²) >= 11 is 6.13. The van der Waals surface area contributed by atoms with Crippen LogP contribution < -0.4 is 5.32 Å². The first-order chi connectivity index (χ1) is 8.48. The minimum Gasteiger partial charge on any atom is -0.356 e. The Morgan fingerprint density at radius 1 is 1.22 bits per heavy atom. The molecule has 2 rings (SSSR count). The highest BCUT2D eigenvalue weighted by atomic mass is 35.5. The van der Waals surface area contributed by atoms with Crippen molar-refractivity contribution in [2.75, 3.05) is 6.54 Å². The Balaban J connectivity index is 1.72. The normalized spacial score (nSPS) is 32.4. The van der Waals surface area contributed by atoms with Crippen molar-refractivity contribution in [3.8, 4) is 0 Å². The van der Waals surface area contributed by atoms with Gasteiger partial charge >= 0.3 is 0 Å². The maximum Gasteiger partial charge on any atom is 0.248 e. The minimum atomic E-state index is -2.57. The lowest BCUT2D eigenvalue weighted by Gasteiger charge is -2.27. The molecule has 2 unspecified atom stereocenters. The summed E-state index contributed by atoms with van der Waals surface area (Å²) in [5, 5.41) is 3.04. The lowest BCUT2D eigenvalue weighted by Crippen LogP contribution is -2.38. The van der Waals surface area contributed by atoms with E-state index in [1.807, 2.05) is 0 Å². The summed E-state index contributed by atoms with van der Waals surface area (Å²) in [6, 6.07) is 0. The highest BCUT2D eigenvalue weighted by molar-refractivity contribution is 6.20. The number of nitrogens with one attached hydrogen (secondary N) is 1. The van der Waals surface area contributed by atoms with E-state index in [1.54, 1.807) is 0 Å². The second kappa shape index (κ2) is 5.72. The Morgan fingerprint density at radius 3 is 2.44 bits per heavy atom. The molecule has 1 N–H and O–H groups in total. The quantitative estimate of drug-likeness (QED) is 0.789. The Hall–Kier alpha value is -0.380. The van der Waals surface area contributed by atoms with Gasteiger partial charge in [0, 0.05) is 30.7 Å². The van der Waals surface area contributed by atoms with Crippen molar-refractivity contribution in [3.63, 3.8) is 0 Å². The Morgan fingerprint density at radius 2 is 1.89 bits per heavy atom. The van der Waals surface area contributed by atoms with E-state index in [4.69, 9.17) is 11.6 Å². The maximum absolute atomic E-state index is 13.0. The molecule has 0 heterocycles. The zero-order valence-corrected chi connectivity index (χ0v) is 11.2. The molecule has 2 atom stereocenters. The molecule has 0 aromatic rings. The van der Waals surface area contributed by atoms with Crippen molar-refractivity contribution in [2.45, 2.75) is 56.2 Å². The van der Waals surface area contributed by atoms with Gasteiger partial charge < -0.3 is 5.32 Å². The SMILES string of the molecule is O=C(NCC1CCCC1Cl)C1CCC(F)(F)CC1. The molecule has 2 aliphatic carbocycles. The summed E-state index contributed by atoms with van der Waals surface area (Å²) in [6.45, 7) is 0.597. The highest BCUT2D eigenvalue weighted by Gasteiger charge is 2.37. The van der Waals surface area contributed by atoms with Crippen LogP contribution >= 0.6 is 11.6 Å². The van der Waals surface area contributed by atoms with Crippen molar-refractivity contribution in [1.82, 2.24) is 5.32 Å². The van der Waals surface area contributed by atoms with E-state index in [2.05, 4.69) is 5.32 Å². The van der Waals surface area contributed by atoms with Crippen LogP contribution in [0.2, 0.25) is 0 Å². The molecule has 0 aromatic heterocycles. The molecule has 2 fully saturated rings. The van der Waals surface area contributed by atoms with Crippen LogP contribution in [0.5, 0.6) is 0 Å². The first-order valence-corrected chi connectivity index (χ1v) is 7.21. The van der Waals surface area contributed by atoms with Gasteiger partial charge in [0.2, 0.25) is 11.8 Å². The molecule has 0 saturated heterocycles.